The lowest BCUT2D eigenvalue weighted by Gasteiger charge is -2.28. The van der Waals surface area contributed by atoms with E-state index >= 15 is 0 Å². The lowest BCUT2D eigenvalue weighted by Crippen LogP contribution is -2.23. The van der Waals surface area contributed by atoms with E-state index < -0.39 is 35.1 Å². The van der Waals surface area contributed by atoms with Crippen LogP contribution in [0.5, 0.6) is 5.88 Å². The molecule has 0 N–H and O–H groups in total. The van der Waals surface area contributed by atoms with Gasteiger partial charge in [-0.2, -0.15) is 15.1 Å². The lowest BCUT2D eigenvalue weighted by atomic mass is 9.82. The third-order valence-corrected chi connectivity index (χ3v) is 4.91. The van der Waals surface area contributed by atoms with Gasteiger partial charge in [0.15, 0.2) is 0 Å². The Morgan fingerprint density at radius 1 is 1.07 bits per heavy atom. The molecular formula is C18H16F4N4O. The average molecular weight is 380 g/mol. The Bertz CT molecular complexity index is 983. The zero-order valence-corrected chi connectivity index (χ0v) is 14.4. The third kappa shape index (κ3) is 2.90. The van der Waals surface area contributed by atoms with E-state index in [1.807, 2.05) is 0 Å². The van der Waals surface area contributed by atoms with Gasteiger partial charge in [0.25, 0.3) is 5.78 Å². The van der Waals surface area contributed by atoms with Crippen molar-refractivity contribution in [3.8, 4) is 17.0 Å². The molecule has 2 aromatic heterocycles. The summed E-state index contributed by atoms with van der Waals surface area (Å²) in [6, 6.07) is 1.14. The van der Waals surface area contributed by atoms with Crippen molar-refractivity contribution in [2.75, 3.05) is 7.11 Å². The van der Waals surface area contributed by atoms with Gasteiger partial charge < -0.3 is 4.74 Å². The highest BCUT2D eigenvalue weighted by atomic mass is 19.1. The molecule has 1 aliphatic carbocycles. The van der Waals surface area contributed by atoms with Crippen molar-refractivity contribution in [1.82, 2.24) is 19.6 Å². The van der Waals surface area contributed by atoms with Crippen LogP contribution in [0.3, 0.4) is 0 Å². The highest BCUT2D eigenvalue weighted by Gasteiger charge is 2.35. The highest BCUT2D eigenvalue weighted by Crippen LogP contribution is 2.44. The summed E-state index contributed by atoms with van der Waals surface area (Å²) in [5, 5.41) is 4.07. The van der Waals surface area contributed by atoms with Crippen LogP contribution in [0.4, 0.5) is 17.6 Å². The van der Waals surface area contributed by atoms with Crippen LogP contribution in [0.15, 0.2) is 18.5 Å². The first-order valence-corrected chi connectivity index (χ1v) is 8.58. The van der Waals surface area contributed by atoms with E-state index in [4.69, 9.17) is 4.74 Å². The van der Waals surface area contributed by atoms with Gasteiger partial charge in [-0.25, -0.2) is 22.1 Å². The van der Waals surface area contributed by atoms with E-state index in [2.05, 4.69) is 15.1 Å². The van der Waals surface area contributed by atoms with Crippen molar-refractivity contribution < 1.29 is 22.3 Å². The maximum absolute atomic E-state index is 14.8. The summed E-state index contributed by atoms with van der Waals surface area (Å²) in [6.45, 7) is 0. The minimum absolute atomic E-state index is 0.0694. The monoisotopic (exact) mass is 380 g/mol. The van der Waals surface area contributed by atoms with Crippen LogP contribution in [0.2, 0.25) is 0 Å². The molecule has 1 aromatic carbocycles. The van der Waals surface area contributed by atoms with Crippen LogP contribution < -0.4 is 4.74 Å². The first kappa shape index (κ1) is 17.7. The SMILES string of the molecule is COc1nc2ncnn2c([C@@H]2CCCC[C@H]2F)c1-c1c(F)cc(F)cc1F. The Hall–Kier alpha value is -2.71. The standard InChI is InChI=1S/C18H16F4N4O/c1-27-17-15(14-12(21)6-9(19)7-13(14)22)16(10-4-2-3-5-11(10)20)26-18(25-17)23-8-24-26/h6-8,10-11H,2-5H2,1H3/t10-,11-/m1/s1. The van der Waals surface area contributed by atoms with Gasteiger partial charge in [-0.05, 0) is 12.8 Å². The van der Waals surface area contributed by atoms with E-state index in [0.29, 0.717) is 25.0 Å². The number of alkyl halides is 1. The molecule has 5 nitrogen and oxygen atoms in total. The van der Waals surface area contributed by atoms with E-state index in [0.717, 1.165) is 12.8 Å². The summed E-state index contributed by atoms with van der Waals surface area (Å²) in [6.07, 6.45) is 2.31. The zero-order valence-electron chi connectivity index (χ0n) is 14.4. The van der Waals surface area contributed by atoms with Crippen molar-refractivity contribution in [2.24, 2.45) is 0 Å². The van der Waals surface area contributed by atoms with Crippen LogP contribution in [-0.2, 0) is 0 Å². The van der Waals surface area contributed by atoms with Gasteiger partial charge in [0.05, 0.1) is 23.9 Å². The summed E-state index contributed by atoms with van der Waals surface area (Å²) >= 11 is 0. The number of fused-ring (bicyclic) bond motifs is 1. The fraction of sp³-hybridized carbons (Fsp3) is 0.389. The first-order chi connectivity index (χ1) is 13.0. The molecule has 142 valence electrons. The van der Waals surface area contributed by atoms with Gasteiger partial charge >= 0.3 is 0 Å². The first-order valence-electron chi connectivity index (χ1n) is 8.58. The molecule has 2 atom stereocenters. The van der Waals surface area contributed by atoms with Crippen molar-refractivity contribution in [1.29, 1.82) is 0 Å². The summed E-state index contributed by atoms with van der Waals surface area (Å²) in [7, 11) is 1.29. The van der Waals surface area contributed by atoms with Crippen molar-refractivity contribution >= 4 is 5.78 Å². The van der Waals surface area contributed by atoms with Crippen molar-refractivity contribution in [2.45, 2.75) is 37.8 Å². The minimum Gasteiger partial charge on any atom is -0.480 e. The molecule has 0 spiro atoms. The molecule has 0 bridgehead atoms. The largest absolute Gasteiger partial charge is 0.480 e. The predicted octanol–water partition coefficient (Wildman–Crippen LogP) is 4.21. The Morgan fingerprint density at radius 2 is 1.78 bits per heavy atom. The van der Waals surface area contributed by atoms with Crippen LogP contribution in [-0.4, -0.2) is 32.9 Å². The minimum atomic E-state index is -1.22. The molecule has 9 heteroatoms. The Labute approximate surface area is 152 Å². The molecule has 0 aliphatic heterocycles. The van der Waals surface area contributed by atoms with E-state index in [9.17, 15) is 17.6 Å². The second-order valence-corrected chi connectivity index (χ2v) is 6.50. The van der Waals surface area contributed by atoms with Gasteiger partial charge in [-0.15, -0.1) is 0 Å². The molecule has 1 aliphatic rings. The molecule has 4 rings (SSSR count). The van der Waals surface area contributed by atoms with Gasteiger partial charge in [0.1, 0.15) is 30.0 Å². The summed E-state index contributed by atoms with van der Waals surface area (Å²) in [5.41, 5.74) is -0.364. The maximum atomic E-state index is 14.8. The lowest BCUT2D eigenvalue weighted by molar-refractivity contribution is 0.211. The molecule has 0 saturated heterocycles. The summed E-state index contributed by atoms with van der Waals surface area (Å²) < 4.78 is 63.9. The van der Waals surface area contributed by atoms with E-state index in [1.165, 1.54) is 18.0 Å². The Balaban J connectivity index is 2.09. The number of hydrogen-bond acceptors (Lipinski definition) is 4. The smallest absolute Gasteiger partial charge is 0.255 e. The van der Waals surface area contributed by atoms with Crippen LogP contribution in [0.1, 0.15) is 37.3 Å². The topological polar surface area (TPSA) is 52.3 Å². The zero-order chi connectivity index (χ0) is 19.1. The Kier molecular flexibility index (Phi) is 4.45. The number of methoxy groups -OCH3 is 1. The quantitative estimate of drug-likeness (QED) is 0.639. The molecule has 1 saturated carbocycles. The van der Waals surface area contributed by atoms with Crippen LogP contribution >= 0.6 is 0 Å². The van der Waals surface area contributed by atoms with Crippen LogP contribution in [0.25, 0.3) is 16.9 Å². The fourth-order valence-corrected chi connectivity index (χ4v) is 3.74. The second kappa shape index (κ2) is 6.79. The molecule has 3 aromatic rings. The molecule has 0 unspecified atom stereocenters. The number of nitrogens with zero attached hydrogens (tertiary/aromatic N) is 4. The van der Waals surface area contributed by atoms with E-state index in [1.54, 1.807) is 0 Å². The van der Waals surface area contributed by atoms with Gasteiger partial charge in [0.2, 0.25) is 5.88 Å². The van der Waals surface area contributed by atoms with Gasteiger partial charge in [0, 0.05) is 18.1 Å². The molecule has 0 radical (unpaired) electrons. The van der Waals surface area contributed by atoms with Crippen molar-refractivity contribution in [3.05, 3.63) is 41.6 Å². The predicted molar refractivity (Wildman–Crippen MR) is 88.7 cm³/mol. The number of halogens is 4. The molecule has 1 fully saturated rings. The second-order valence-electron chi connectivity index (χ2n) is 6.50. The van der Waals surface area contributed by atoms with Gasteiger partial charge in [-0.1, -0.05) is 12.8 Å². The maximum Gasteiger partial charge on any atom is 0.255 e. The van der Waals surface area contributed by atoms with Crippen LogP contribution in [0, 0.1) is 17.5 Å². The van der Waals surface area contributed by atoms with Crippen molar-refractivity contribution in [3.63, 3.8) is 0 Å². The highest BCUT2D eigenvalue weighted by molar-refractivity contribution is 5.74. The molecule has 0 amide bonds. The average Bonchev–Trinajstić information content (AvgIpc) is 3.09. The Morgan fingerprint density at radius 3 is 2.44 bits per heavy atom. The number of hydrogen-bond donors (Lipinski definition) is 0. The number of rotatable bonds is 3. The fourth-order valence-electron chi connectivity index (χ4n) is 3.74. The summed E-state index contributed by atoms with van der Waals surface area (Å²) in [5.74, 6) is -3.96. The van der Waals surface area contributed by atoms with E-state index in [-0.39, 0.29) is 22.9 Å². The van der Waals surface area contributed by atoms with Gasteiger partial charge in [-0.3, -0.25) is 0 Å². The summed E-state index contributed by atoms with van der Waals surface area (Å²) in [4.78, 5) is 8.13. The number of benzene rings is 1. The molecular weight excluding hydrogens is 364 g/mol. The number of aromatic nitrogens is 4. The third-order valence-electron chi connectivity index (χ3n) is 4.91. The number of ether oxygens (including phenoxy) is 1. The molecule has 27 heavy (non-hydrogen) atoms. The molecule has 2 heterocycles. The normalized spacial score (nSPS) is 20.2.